The average Bonchev–Trinajstić information content (AvgIpc) is 1.62. The minimum atomic E-state index is -2.04. The highest BCUT2D eigenvalue weighted by Crippen LogP contribution is 2.45. The summed E-state index contributed by atoms with van der Waals surface area (Å²) in [5, 5.41) is 111. The maximum atomic E-state index is 14.6. The van der Waals surface area contributed by atoms with Crippen LogP contribution in [0.5, 0.6) is 34.5 Å². The fourth-order valence-electron chi connectivity index (χ4n) is 12.4. The molecule has 0 aromatic heterocycles. The summed E-state index contributed by atoms with van der Waals surface area (Å²) in [6.45, 7) is 6.92. The molecule has 4 saturated heterocycles. The molecule has 14 atom stereocenters. The van der Waals surface area contributed by atoms with Crippen molar-refractivity contribution in [3.05, 3.63) is 118 Å². The first-order valence-corrected chi connectivity index (χ1v) is 32.3. The van der Waals surface area contributed by atoms with Crippen molar-refractivity contribution in [1.29, 1.82) is 0 Å². The molecule has 0 radical (unpaired) electrons. The van der Waals surface area contributed by atoms with Crippen molar-refractivity contribution in [2.24, 2.45) is 5.73 Å². The molecule has 14 N–H and O–H groups in total. The molecule has 36 heteroatoms. The lowest BCUT2D eigenvalue weighted by atomic mass is 9.99. The van der Waals surface area contributed by atoms with Crippen LogP contribution in [0.15, 0.2) is 85.0 Å². The molecule has 0 bridgehead atoms. The second-order valence-electron chi connectivity index (χ2n) is 24.7. The number of aliphatic carboxylic acids is 2. The predicted molar refractivity (Wildman–Crippen MR) is 349 cm³/mol. The molecule has 6 aliphatic rings. The van der Waals surface area contributed by atoms with Crippen LogP contribution < -0.4 is 54.6 Å². The van der Waals surface area contributed by atoms with Crippen LogP contribution in [0.25, 0.3) is 0 Å². The van der Waals surface area contributed by atoms with Crippen LogP contribution in [0.4, 0.5) is 21.0 Å². The molecule has 103 heavy (non-hydrogen) atoms. The van der Waals surface area contributed by atoms with Crippen molar-refractivity contribution < 1.29 is 142 Å². The van der Waals surface area contributed by atoms with E-state index in [0.29, 0.717) is 17.6 Å². The van der Waals surface area contributed by atoms with Crippen LogP contribution in [0.3, 0.4) is 0 Å². The molecule has 0 aliphatic carbocycles. The van der Waals surface area contributed by atoms with Crippen molar-refractivity contribution in [3.8, 4) is 34.5 Å². The molecule has 2 unspecified atom stereocenters. The number of carboxylic acids is 2. The number of carbonyl (C=O) groups excluding carboxylic acids is 6. The van der Waals surface area contributed by atoms with Gasteiger partial charge in [0.2, 0.25) is 12.6 Å². The number of aliphatic hydroxyl groups excluding tert-OH is 8. The summed E-state index contributed by atoms with van der Waals surface area (Å²) in [5.41, 5.74) is 6.03. The molecular formula is C67H79N7O29. The molecule has 6 aliphatic heterocycles. The van der Waals surface area contributed by atoms with Gasteiger partial charge in [-0.15, -0.1) is 0 Å². The Morgan fingerprint density at radius 3 is 1.34 bits per heavy atom. The van der Waals surface area contributed by atoms with Crippen LogP contribution in [0.1, 0.15) is 78.2 Å². The van der Waals surface area contributed by atoms with Gasteiger partial charge in [-0.05, 0) is 73.3 Å². The summed E-state index contributed by atoms with van der Waals surface area (Å²) in [7, 11) is 4.01. The lowest BCUT2D eigenvalue weighted by Crippen LogP contribution is -2.61. The number of hydrogen-bond donors (Lipinski definition) is 13. The maximum absolute atomic E-state index is 14.6. The molecule has 4 aromatic carbocycles. The summed E-state index contributed by atoms with van der Waals surface area (Å²) in [6, 6.07) is 10.8. The highest BCUT2D eigenvalue weighted by molar-refractivity contribution is 6.07. The van der Waals surface area contributed by atoms with Crippen molar-refractivity contribution in [2.75, 3.05) is 83.7 Å². The third kappa shape index (κ3) is 16.0. The van der Waals surface area contributed by atoms with Gasteiger partial charge in [0.15, 0.2) is 47.7 Å². The van der Waals surface area contributed by atoms with E-state index in [-0.39, 0.29) is 151 Å². The number of anilines is 2. The summed E-state index contributed by atoms with van der Waals surface area (Å²) in [4.78, 5) is 113. The Kier molecular flexibility index (Phi) is 23.9. The van der Waals surface area contributed by atoms with Crippen molar-refractivity contribution in [1.82, 2.24) is 20.4 Å². The Morgan fingerprint density at radius 2 is 0.951 bits per heavy atom. The molecule has 36 nitrogen and oxygen atoms in total. The Bertz CT molecular complexity index is 3670. The van der Waals surface area contributed by atoms with E-state index < -0.39 is 147 Å². The molecule has 6 amide bonds. The number of amides is 6. The summed E-state index contributed by atoms with van der Waals surface area (Å²) < 4.78 is 62.5. The molecule has 6 heterocycles. The second-order valence-corrected chi connectivity index (χ2v) is 24.7. The number of carbonyl (C=O) groups is 8. The topological polar surface area (TPSA) is 503 Å². The van der Waals surface area contributed by atoms with Crippen LogP contribution in [-0.2, 0) is 46.5 Å². The Hall–Kier alpha value is -9.96. The lowest BCUT2D eigenvalue weighted by molar-refractivity contribution is -0.271. The molecule has 0 spiro atoms. The number of benzene rings is 4. The highest BCUT2D eigenvalue weighted by atomic mass is 16.7. The monoisotopic (exact) mass is 1450 g/mol. The summed E-state index contributed by atoms with van der Waals surface area (Å²) >= 11 is 0. The van der Waals surface area contributed by atoms with Gasteiger partial charge in [0.05, 0.1) is 79.8 Å². The van der Waals surface area contributed by atoms with E-state index >= 15 is 0 Å². The Balaban J connectivity index is 0.865. The van der Waals surface area contributed by atoms with Gasteiger partial charge in [0, 0.05) is 51.8 Å². The number of nitrogens with zero attached hydrogens (tertiary/aromatic N) is 4. The van der Waals surface area contributed by atoms with Crippen molar-refractivity contribution in [2.45, 2.75) is 125 Å². The zero-order valence-electron chi connectivity index (χ0n) is 55.8. The number of nitrogens with one attached hydrogen (secondary N) is 2. The van der Waals surface area contributed by atoms with Gasteiger partial charge in [-0.2, -0.15) is 0 Å². The van der Waals surface area contributed by atoms with Crippen LogP contribution in [-0.4, -0.2) is 268 Å². The van der Waals surface area contributed by atoms with Gasteiger partial charge < -0.3 is 129 Å². The molecule has 4 fully saturated rings. The number of hydrogen-bond acceptors (Lipinski definition) is 28. The van der Waals surface area contributed by atoms with Gasteiger partial charge >= 0.3 is 24.1 Å². The Morgan fingerprint density at radius 1 is 0.534 bits per heavy atom. The largest absolute Gasteiger partial charge is 0.493 e. The SMILES string of the molecule is C=C1C[C@H]2C(O)N(C(=O)OCc3ccc(O[C@@H]4O[C@H](C(=O)O)[C@@H](O)[C@H](O)[C@H]4O)c(C(=O)NCCCN)c3)c3cc(OCCCOc4cc5c(cc4OC)C(=O)N4CC(=C)C[C@H]4C(O)N5C(=O)OCc4ccc(O[C@@H]5O[C@H](C(=O)O)[C@@H](O)[C@H](O)[C@H]5O)c(C(=O)NCCOC)c4)c(OC)cc3C(=O)N2C1. The van der Waals surface area contributed by atoms with E-state index in [1.807, 2.05) is 0 Å². The van der Waals surface area contributed by atoms with Crippen molar-refractivity contribution >= 4 is 59.1 Å². The second kappa shape index (κ2) is 32.6. The number of ether oxygens (including phenoxy) is 11. The van der Waals surface area contributed by atoms with E-state index in [9.17, 15) is 89.4 Å². The van der Waals surface area contributed by atoms with Gasteiger partial charge in [0.1, 0.15) is 61.3 Å². The standard InChI is InChI=1S/C67H79N7O29/c1-30-18-40-60(85)73(66(91)98-28-32-8-10-42(36(20-32)56(81)69-13-6-12-68)100-64-52(79)48(75)50(77)54(102-64)62(87)88)38-24-46(44(94-4)22-34(38)58(83)71(40)26-30)96-15-7-16-97-47-25-39-35(23-45(47)95-5)59(84)72-27-31(2)19-41(72)61(86)74(39)67(92)99-29-33-9-11-43(37(21-33)57(82)70-14-17-93-3)101-65-53(80)49(76)51(78)55(103-65)63(89)90/h8-11,20-25,40-41,48-55,60-61,64-65,75-80,85-86H,1-2,6-7,12-19,26-29,68H2,3-5H3,(H,69,81)(H,70,82)(H,87,88)(H,89,90)/t40-,41-,48-,49-,50-,51-,52+,53+,54-,55-,60?,61?,64+,65+/m0/s1. The van der Waals surface area contributed by atoms with E-state index in [0.717, 1.165) is 9.80 Å². The van der Waals surface area contributed by atoms with Crippen LogP contribution >= 0.6 is 0 Å². The number of aliphatic hydroxyl groups is 8. The number of nitrogens with two attached hydrogens (primary N) is 1. The fourth-order valence-corrected chi connectivity index (χ4v) is 12.4. The smallest absolute Gasteiger partial charge is 0.416 e. The predicted octanol–water partition coefficient (Wildman–Crippen LogP) is -0.960. The summed E-state index contributed by atoms with van der Waals surface area (Å²) in [5.74, 6) is -6.70. The third-order valence-electron chi connectivity index (χ3n) is 17.7. The van der Waals surface area contributed by atoms with Gasteiger partial charge in [-0.1, -0.05) is 36.4 Å². The zero-order valence-corrected chi connectivity index (χ0v) is 55.8. The van der Waals surface area contributed by atoms with Gasteiger partial charge in [0.25, 0.3) is 23.6 Å². The molecule has 0 saturated carbocycles. The number of rotatable bonds is 26. The fraction of sp³-hybridized carbons (Fsp3) is 0.463. The third-order valence-corrected chi connectivity index (χ3v) is 17.7. The first-order valence-electron chi connectivity index (χ1n) is 32.3. The lowest BCUT2D eigenvalue weighted by Gasteiger charge is -2.38. The molecule has 10 rings (SSSR count). The zero-order chi connectivity index (χ0) is 74.4. The van der Waals surface area contributed by atoms with Gasteiger partial charge in [-0.25, -0.2) is 29.0 Å². The maximum Gasteiger partial charge on any atom is 0.416 e. The number of carboxylic acid groups (broad SMARTS) is 2. The highest BCUT2D eigenvalue weighted by Gasteiger charge is 2.52. The minimum Gasteiger partial charge on any atom is -0.493 e. The molecule has 556 valence electrons. The number of methoxy groups -OCH3 is 3. The average molecular weight is 1450 g/mol. The summed E-state index contributed by atoms with van der Waals surface area (Å²) in [6.07, 6.45) is -25.3. The van der Waals surface area contributed by atoms with Crippen molar-refractivity contribution in [3.63, 3.8) is 0 Å². The van der Waals surface area contributed by atoms with Crippen LogP contribution in [0, 0.1) is 0 Å². The van der Waals surface area contributed by atoms with Crippen LogP contribution in [0.2, 0.25) is 0 Å². The van der Waals surface area contributed by atoms with E-state index in [4.69, 9.17) is 57.8 Å². The van der Waals surface area contributed by atoms with E-state index in [2.05, 4.69) is 23.8 Å². The first kappa shape index (κ1) is 75.7. The number of fused-ring (bicyclic) bond motifs is 4. The van der Waals surface area contributed by atoms with Gasteiger partial charge in [-0.3, -0.25) is 19.2 Å². The van der Waals surface area contributed by atoms with E-state index in [1.54, 1.807) is 0 Å². The quantitative estimate of drug-likeness (QED) is 0.0266. The van der Waals surface area contributed by atoms with E-state index in [1.165, 1.54) is 91.8 Å². The minimum absolute atomic E-state index is 0.00800. The Labute approximate surface area is 586 Å². The first-order chi connectivity index (χ1) is 49.2. The normalized spacial score (nSPS) is 25.8. The molecular weight excluding hydrogens is 1370 g/mol. The molecule has 4 aromatic rings.